The minimum absolute atomic E-state index is 0. The highest BCUT2D eigenvalue weighted by atomic mass is 35.5. The van der Waals surface area contributed by atoms with E-state index < -0.39 is 10.2 Å². The van der Waals surface area contributed by atoms with Crippen molar-refractivity contribution < 1.29 is 8.42 Å². The first-order valence-corrected chi connectivity index (χ1v) is 8.84. The third-order valence-corrected chi connectivity index (χ3v) is 5.87. The summed E-state index contributed by atoms with van der Waals surface area (Å²) in [6, 6.07) is 0.313. The van der Waals surface area contributed by atoms with Gasteiger partial charge in [0.2, 0.25) is 0 Å². The fourth-order valence-electron chi connectivity index (χ4n) is 3.32. The average molecular weight is 326 g/mol. The molecule has 2 atom stereocenters. The summed E-state index contributed by atoms with van der Waals surface area (Å²) in [4.78, 5) is 0. The van der Waals surface area contributed by atoms with Crippen molar-refractivity contribution in [2.45, 2.75) is 58.0 Å². The van der Waals surface area contributed by atoms with E-state index in [9.17, 15) is 8.42 Å². The molecule has 3 N–H and O–H groups in total. The Hall–Kier alpha value is 0.120. The number of hydrogen-bond donors (Lipinski definition) is 2. The van der Waals surface area contributed by atoms with Gasteiger partial charge < -0.3 is 5.73 Å². The summed E-state index contributed by atoms with van der Waals surface area (Å²) in [5.41, 5.74) is 5.85. The normalized spacial score (nSPS) is 36.4. The van der Waals surface area contributed by atoms with Crippen molar-refractivity contribution in [2.24, 2.45) is 17.6 Å². The van der Waals surface area contributed by atoms with Crippen LogP contribution in [0.4, 0.5) is 0 Å². The lowest BCUT2D eigenvalue weighted by Gasteiger charge is -2.36. The van der Waals surface area contributed by atoms with Gasteiger partial charge in [0.05, 0.1) is 0 Å². The highest BCUT2D eigenvalue weighted by Gasteiger charge is 2.32. The van der Waals surface area contributed by atoms with Crippen LogP contribution in [-0.2, 0) is 10.2 Å². The second-order valence-electron chi connectivity index (χ2n) is 6.50. The summed E-state index contributed by atoms with van der Waals surface area (Å²) in [7, 11) is -3.32. The minimum atomic E-state index is -3.32. The maximum Gasteiger partial charge on any atom is 0.279 e. The lowest BCUT2D eigenvalue weighted by atomic mass is 9.93. The van der Waals surface area contributed by atoms with Crippen molar-refractivity contribution in [2.75, 3.05) is 13.1 Å². The Labute approximate surface area is 129 Å². The van der Waals surface area contributed by atoms with Gasteiger partial charge in [0, 0.05) is 25.2 Å². The smallest absolute Gasteiger partial charge is 0.279 e. The first kappa shape index (κ1) is 18.2. The molecule has 1 saturated carbocycles. The van der Waals surface area contributed by atoms with Crippen LogP contribution in [0.5, 0.6) is 0 Å². The molecule has 5 nitrogen and oxygen atoms in total. The molecule has 1 aliphatic carbocycles. The van der Waals surface area contributed by atoms with E-state index in [1.807, 2.05) is 0 Å². The van der Waals surface area contributed by atoms with E-state index in [0.29, 0.717) is 24.9 Å². The summed E-state index contributed by atoms with van der Waals surface area (Å²) in [6.45, 7) is 5.54. The van der Waals surface area contributed by atoms with Crippen molar-refractivity contribution in [1.29, 1.82) is 0 Å². The van der Waals surface area contributed by atoms with E-state index in [2.05, 4.69) is 18.6 Å². The first-order chi connectivity index (χ1) is 8.87. The molecule has 2 fully saturated rings. The molecule has 0 aromatic rings. The monoisotopic (exact) mass is 325 g/mol. The van der Waals surface area contributed by atoms with Crippen LogP contribution in [0, 0.1) is 11.8 Å². The summed E-state index contributed by atoms with van der Waals surface area (Å²) in [5.74, 6) is 0.889. The van der Waals surface area contributed by atoms with Gasteiger partial charge in [-0.2, -0.15) is 17.4 Å². The van der Waals surface area contributed by atoms with E-state index in [0.717, 1.165) is 32.1 Å². The molecule has 120 valence electrons. The Morgan fingerprint density at radius 3 is 2.05 bits per heavy atom. The van der Waals surface area contributed by atoms with Crippen LogP contribution < -0.4 is 10.5 Å². The molecule has 0 aromatic carbocycles. The van der Waals surface area contributed by atoms with Gasteiger partial charge in [-0.3, -0.25) is 0 Å². The molecular formula is C13H28ClN3O2S. The van der Waals surface area contributed by atoms with Crippen LogP contribution in [0.15, 0.2) is 0 Å². The van der Waals surface area contributed by atoms with Crippen LogP contribution >= 0.6 is 12.4 Å². The van der Waals surface area contributed by atoms with E-state index in [1.54, 1.807) is 4.31 Å². The fraction of sp³-hybridized carbons (Fsp3) is 1.00. The molecular weight excluding hydrogens is 298 g/mol. The Morgan fingerprint density at radius 1 is 1.05 bits per heavy atom. The van der Waals surface area contributed by atoms with Crippen molar-refractivity contribution in [3.05, 3.63) is 0 Å². The number of nitrogens with two attached hydrogens (primary N) is 1. The van der Waals surface area contributed by atoms with Crippen LogP contribution in [-0.4, -0.2) is 37.9 Å². The maximum atomic E-state index is 12.4. The molecule has 0 aromatic heterocycles. The number of halogens is 1. The van der Waals surface area contributed by atoms with Gasteiger partial charge >= 0.3 is 0 Å². The fourth-order valence-corrected chi connectivity index (χ4v) is 5.03. The number of nitrogens with zero attached hydrogens (tertiary/aromatic N) is 1. The van der Waals surface area contributed by atoms with Crippen LogP contribution in [0.1, 0.15) is 46.0 Å². The number of nitrogens with one attached hydrogen (secondary N) is 1. The van der Waals surface area contributed by atoms with Crippen molar-refractivity contribution >= 4 is 22.6 Å². The SMILES string of the molecule is CC1CC(C)CN(S(=O)(=O)NC2CCC(N)CC2)C1.Cl. The standard InChI is InChI=1S/C13H27N3O2S.ClH/c1-10-7-11(2)9-16(8-10)19(17,18)15-13-5-3-12(14)4-6-13;/h10-13,15H,3-9,14H2,1-2H3;1H. The van der Waals surface area contributed by atoms with Crippen molar-refractivity contribution in [3.63, 3.8) is 0 Å². The van der Waals surface area contributed by atoms with Gasteiger partial charge in [0.1, 0.15) is 0 Å². The molecule has 0 radical (unpaired) electrons. The number of piperidine rings is 1. The Bertz CT molecular complexity index is 386. The third kappa shape index (κ3) is 4.84. The zero-order valence-corrected chi connectivity index (χ0v) is 14.0. The molecule has 0 spiro atoms. The lowest BCUT2D eigenvalue weighted by Crippen LogP contribution is -2.51. The first-order valence-electron chi connectivity index (χ1n) is 7.40. The summed E-state index contributed by atoms with van der Waals surface area (Å²) >= 11 is 0. The Balaban J connectivity index is 0.00000200. The zero-order chi connectivity index (χ0) is 14.0. The van der Waals surface area contributed by atoms with E-state index in [4.69, 9.17) is 5.73 Å². The largest absolute Gasteiger partial charge is 0.328 e. The predicted molar refractivity (Wildman–Crippen MR) is 84.1 cm³/mol. The van der Waals surface area contributed by atoms with Gasteiger partial charge in [-0.1, -0.05) is 13.8 Å². The third-order valence-electron chi connectivity index (χ3n) is 4.26. The van der Waals surface area contributed by atoms with Crippen LogP contribution in [0.2, 0.25) is 0 Å². The van der Waals surface area contributed by atoms with E-state index in [1.165, 1.54) is 0 Å². The quantitative estimate of drug-likeness (QED) is 0.825. The minimum Gasteiger partial charge on any atom is -0.328 e. The van der Waals surface area contributed by atoms with Gasteiger partial charge in [0.15, 0.2) is 0 Å². The number of hydrogen-bond acceptors (Lipinski definition) is 3. The van der Waals surface area contributed by atoms with Crippen molar-refractivity contribution in [1.82, 2.24) is 9.03 Å². The van der Waals surface area contributed by atoms with Gasteiger partial charge in [-0.05, 0) is 43.9 Å². The second-order valence-corrected chi connectivity index (χ2v) is 8.20. The lowest BCUT2D eigenvalue weighted by molar-refractivity contribution is 0.218. The van der Waals surface area contributed by atoms with Crippen LogP contribution in [0.25, 0.3) is 0 Å². The van der Waals surface area contributed by atoms with Gasteiger partial charge in [-0.25, -0.2) is 0 Å². The molecule has 2 aliphatic rings. The molecule has 0 bridgehead atoms. The van der Waals surface area contributed by atoms with Crippen LogP contribution in [0.3, 0.4) is 0 Å². The molecule has 1 aliphatic heterocycles. The Morgan fingerprint density at radius 2 is 1.55 bits per heavy atom. The molecule has 1 saturated heterocycles. The van der Waals surface area contributed by atoms with E-state index in [-0.39, 0.29) is 24.5 Å². The summed E-state index contributed by atoms with van der Waals surface area (Å²) in [6.07, 6.45) is 4.67. The molecule has 0 amide bonds. The predicted octanol–water partition coefficient (Wildman–Crippen LogP) is 1.49. The molecule has 2 rings (SSSR count). The highest BCUT2D eigenvalue weighted by molar-refractivity contribution is 7.87. The Kier molecular flexibility index (Phi) is 6.73. The maximum absolute atomic E-state index is 12.4. The second kappa shape index (κ2) is 7.40. The summed E-state index contributed by atoms with van der Waals surface area (Å²) < 4.78 is 29.3. The zero-order valence-electron chi connectivity index (χ0n) is 12.4. The molecule has 20 heavy (non-hydrogen) atoms. The molecule has 2 unspecified atom stereocenters. The summed E-state index contributed by atoms with van der Waals surface area (Å²) in [5, 5.41) is 0. The average Bonchev–Trinajstić information content (AvgIpc) is 2.31. The highest BCUT2D eigenvalue weighted by Crippen LogP contribution is 2.24. The van der Waals surface area contributed by atoms with E-state index >= 15 is 0 Å². The molecule has 1 heterocycles. The van der Waals surface area contributed by atoms with Gasteiger partial charge in [0.25, 0.3) is 10.2 Å². The van der Waals surface area contributed by atoms with Crippen molar-refractivity contribution in [3.8, 4) is 0 Å². The molecule has 7 heteroatoms. The number of rotatable bonds is 3. The topological polar surface area (TPSA) is 75.4 Å². The van der Waals surface area contributed by atoms with Gasteiger partial charge in [-0.15, -0.1) is 12.4 Å².